The number of hydrogen-bond acceptors (Lipinski definition) is 0. The van der Waals surface area contributed by atoms with Gasteiger partial charge in [0.15, 0.2) is 0 Å². The van der Waals surface area contributed by atoms with Gasteiger partial charge < -0.3 is 14.9 Å². The Morgan fingerprint density at radius 1 is 0.340 bits per heavy atom. The van der Waals surface area contributed by atoms with Crippen molar-refractivity contribution in [3.05, 3.63) is 215 Å². The quantitative estimate of drug-likeness (QED) is 0.111. The van der Waals surface area contributed by atoms with Gasteiger partial charge in [-0.15, -0.1) is 67.3 Å². The summed E-state index contributed by atoms with van der Waals surface area (Å²) in [6, 6.07) is 74.0. The Bertz CT molecular complexity index is 2400. The summed E-state index contributed by atoms with van der Waals surface area (Å²) in [7, 11) is -2.71. The maximum Gasteiger partial charge on any atom is 4.00 e. The second-order valence-corrected chi connectivity index (χ2v) is 17.2. The molecule has 0 amide bonds. The summed E-state index contributed by atoms with van der Waals surface area (Å²) in [6.45, 7) is 2.59. The smallest absolute Gasteiger partial charge is 0.358 e. The topological polar surface area (TPSA) is 0 Å². The number of fused-ring (bicyclic) bond motifs is 2. The molecule has 9 rings (SSSR count). The van der Waals surface area contributed by atoms with E-state index < -0.39 is 8.07 Å². The van der Waals surface area contributed by atoms with Crippen LogP contribution in [0.5, 0.6) is 0 Å². The van der Waals surface area contributed by atoms with Crippen molar-refractivity contribution >= 4 is 45.2 Å². The molecular formula is C51H42HfSi. The first-order valence-corrected chi connectivity index (χ1v) is 19.9. The SMILES string of the molecule is C[Si](c1ccccc1)(c1c(-c2ccc(-c3ccccc3)cc2)[cH-]c2ccccc12)c1c(-c2ccc(-c3ccccc3)cc2)[cH-]c2ccccc12.[CH3-].[CH3-].[Hf+4]. The first kappa shape index (κ1) is 37.6. The van der Waals surface area contributed by atoms with Crippen molar-refractivity contribution in [1.82, 2.24) is 0 Å². The van der Waals surface area contributed by atoms with Crippen LogP contribution in [0.4, 0.5) is 0 Å². The molecule has 53 heavy (non-hydrogen) atoms. The third-order valence-electron chi connectivity index (χ3n) is 10.6. The molecule has 0 saturated heterocycles. The molecular weight excluding hydrogens is 819 g/mol. The second kappa shape index (κ2) is 15.8. The fraction of sp³-hybridized carbons (Fsp3) is 0.0196. The molecule has 0 aliphatic carbocycles. The molecule has 0 heterocycles. The molecule has 0 aliphatic rings. The summed E-state index contributed by atoms with van der Waals surface area (Å²) < 4.78 is 0. The zero-order chi connectivity index (χ0) is 33.5. The van der Waals surface area contributed by atoms with E-state index in [9.17, 15) is 0 Å². The first-order valence-electron chi connectivity index (χ1n) is 17.4. The third-order valence-corrected chi connectivity index (χ3v) is 15.1. The van der Waals surface area contributed by atoms with Crippen LogP contribution in [0.15, 0.2) is 200 Å². The van der Waals surface area contributed by atoms with Gasteiger partial charge in [-0.3, -0.25) is 0 Å². The number of benzene rings is 7. The van der Waals surface area contributed by atoms with E-state index in [0.717, 1.165) is 0 Å². The molecule has 0 nitrogen and oxygen atoms in total. The van der Waals surface area contributed by atoms with Crippen molar-refractivity contribution < 1.29 is 25.8 Å². The van der Waals surface area contributed by atoms with E-state index in [1.165, 1.54) is 81.6 Å². The van der Waals surface area contributed by atoms with Crippen LogP contribution in [0.2, 0.25) is 6.55 Å². The molecule has 9 aromatic carbocycles. The van der Waals surface area contributed by atoms with Crippen molar-refractivity contribution in [3.8, 4) is 44.5 Å². The van der Waals surface area contributed by atoms with E-state index in [-0.39, 0.29) is 40.7 Å². The van der Waals surface area contributed by atoms with Crippen LogP contribution in [0.25, 0.3) is 66.1 Å². The Kier molecular flexibility index (Phi) is 11.2. The summed E-state index contributed by atoms with van der Waals surface area (Å²) >= 11 is 0. The Balaban J connectivity index is 0.00000160. The standard InChI is InChI=1S/C49H36Si.2CH3.Hf/c1-50(43-21-9-4-10-22-43,48-44-23-13-11-19-41(44)33-46(48)39-29-25-37(26-30-39)35-15-5-2-6-16-35)49-45-24-14-12-20-42(45)34-47(49)40-31-27-38(28-32-40)36-17-7-3-8-18-36;;;/h2-34H,1H3;2*1H3;/q-2;2*-1;+4. The molecule has 0 aliphatic heterocycles. The minimum atomic E-state index is -2.71. The largest absolute Gasteiger partial charge is 4.00 e. The Hall–Kier alpha value is -5.15. The van der Waals surface area contributed by atoms with Gasteiger partial charge in [-0.2, -0.15) is 0 Å². The molecule has 254 valence electrons. The average molecular weight is 861 g/mol. The normalized spacial score (nSPS) is 11.0. The van der Waals surface area contributed by atoms with E-state index in [0.29, 0.717) is 0 Å². The average Bonchev–Trinajstić information content (AvgIpc) is 3.79. The summed E-state index contributed by atoms with van der Waals surface area (Å²) in [5.74, 6) is 0. The minimum absolute atomic E-state index is 0. The molecule has 0 N–H and O–H groups in total. The van der Waals surface area contributed by atoms with Gasteiger partial charge in [0.1, 0.15) is 0 Å². The van der Waals surface area contributed by atoms with E-state index in [1.54, 1.807) is 0 Å². The van der Waals surface area contributed by atoms with Crippen LogP contribution in [0.1, 0.15) is 0 Å². The van der Waals surface area contributed by atoms with Crippen LogP contribution in [0.3, 0.4) is 0 Å². The zero-order valence-electron chi connectivity index (χ0n) is 30.6. The molecule has 0 atom stereocenters. The van der Waals surface area contributed by atoms with Crippen molar-refractivity contribution in [3.63, 3.8) is 0 Å². The first-order chi connectivity index (χ1) is 24.7. The van der Waals surface area contributed by atoms with E-state index >= 15 is 0 Å². The van der Waals surface area contributed by atoms with Gasteiger partial charge in [0.05, 0.1) is 8.07 Å². The number of rotatable bonds is 7. The molecule has 0 bridgehead atoms. The van der Waals surface area contributed by atoms with Gasteiger partial charge >= 0.3 is 25.8 Å². The Morgan fingerprint density at radius 3 is 1.04 bits per heavy atom. The van der Waals surface area contributed by atoms with Gasteiger partial charge in [0.2, 0.25) is 0 Å². The summed E-state index contributed by atoms with van der Waals surface area (Å²) in [6.07, 6.45) is 0. The van der Waals surface area contributed by atoms with Crippen LogP contribution >= 0.6 is 0 Å². The van der Waals surface area contributed by atoms with Crippen LogP contribution in [-0.2, 0) is 25.8 Å². The Labute approximate surface area is 335 Å². The summed E-state index contributed by atoms with van der Waals surface area (Å²) in [5.41, 5.74) is 10.1. The summed E-state index contributed by atoms with van der Waals surface area (Å²) in [5, 5.41) is 9.66. The monoisotopic (exact) mass is 862 g/mol. The van der Waals surface area contributed by atoms with Gasteiger partial charge in [-0.25, -0.2) is 0 Å². The van der Waals surface area contributed by atoms with E-state index in [2.05, 4.69) is 207 Å². The third kappa shape index (κ3) is 6.67. The molecule has 0 saturated carbocycles. The zero-order valence-corrected chi connectivity index (χ0v) is 35.1. The van der Waals surface area contributed by atoms with E-state index in [1.807, 2.05) is 0 Å². The maximum absolute atomic E-state index is 2.71. The van der Waals surface area contributed by atoms with Gasteiger partial charge in [0, 0.05) is 0 Å². The second-order valence-electron chi connectivity index (χ2n) is 13.4. The van der Waals surface area contributed by atoms with Crippen molar-refractivity contribution in [2.24, 2.45) is 0 Å². The summed E-state index contributed by atoms with van der Waals surface area (Å²) in [4.78, 5) is 0. The van der Waals surface area contributed by atoms with Crippen molar-refractivity contribution in [2.75, 3.05) is 0 Å². The van der Waals surface area contributed by atoms with Crippen LogP contribution < -0.4 is 15.6 Å². The maximum atomic E-state index is 2.59. The molecule has 0 radical (unpaired) electrons. The molecule has 2 heteroatoms. The van der Waals surface area contributed by atoms with Crippen LogP contribution in [0, 0.1) is 14.9 Å². The van der Waals surface area contributed by atoms with Gasteiger partial charge in [0.25, 0.3) is 0 Å². The van der Waals surface area contributed by atoms with Crippen molar-refractivity contribution in [1.29, 1.82) is 0 Å². The van der Waals surface area contributed by atoms with Gasteiger partial charge in [-0.1, -0.05) is 199 Å². The number of hydrogen-bond donors (Lipinski definition) is 0. The fourth-order valence-electron chi connectivity index (χ4n) is 8.11. The molecule has 0 spiro atoms. The van der Waals surface area contributed by atoms with E-state index in [4.69, 9.17) is 0 Å². The minimum Gasteiger partial charge on any atom is -0.358 e. The molecule has 0 aromatic heterocycles. The molecule has 9 aromatic rings. The molecule has 0 fully saturated rings. The Morgan fingerprint density at radius 2 is 0.642 bits per heavy atom. The van der Waals surface area contributed by atoms with Crippen LogP contribution in [-0.4, -0.2) is 8.07 Å². The van der Waals surface area contributed by atoms with Crippen molar-refractivity contribution in [2.45, 2.75) is 6.55 Å². The predicted molar refractivity (Wildman–Crippen MR) is 231 cm³/mol. The fourth-order valence-corrected chi connectivity index (χ4v) is 12.8. The molecule has 0 unspecified atom stereocenters. The van der Waals surface area contributed by atoms with Gasteiger partial charge in [-0.05, 0) is 22.3 Å². The predicted octanol–water partition coefficient (Wildman–Crippen LogP) is 12.1.